The summed E-state index contributed by atoms with van der Waals surface area (Å²) in [6.07, 6.45) is -0.554. The zero-order valence-corrected chi connectivity index (χ0v) is 20.5. The number of aryl methyl sites for hydroxylation is 2. The molecule has 0 aliphatic heterocycles. The molecule has 1 aromatic heterocycles. The molecule has 0 unspecified atom stereocenters. The quantitative estimate of drug-likeness (QED) is 0.418. The van der Waals surface area contributed by atoms with Gasteiger partial charge in [-0.25, -0.2) is 4.68 Å². The molecule has 178 valence electrons. The largest absolute Gasteiger partial charge is 0.439 e. The molecule has 6 nitrogen and oxygen atoms in total. The topological polar surface area (TPSA) is 59.8 Å². The van der Waals surface area contributed by atoms with Crippen molar-refractivity contribution < 1.29 is 14.6 Å². The Morgan fingerprint density at radius 3 is 2.36 bits per heavy atom. The molecule has 0 radical (unpaired) electrons. The van der Waals surface area contributed by atoms with Crippen LogP contribution in [0.4, 0.5) is 0 Å². The van der Waals surface area contributed by atoms with Gasteiger partial charge >= 0.3 is 0 Å². The third kappa shape index (κ3) is 7.16. The molecular weight excluding hydrogens is 414 g/mol. The standard InChI is InChI=1S/C27H37N3O3/c1-6-32-19-23(31)17-30(16-20(2)3)18-25-26(22-10-8-7-9-11-22)28-29(5)27(25)33-24-14-12-21(4)13-15-24/h7-15,20,23,31H,6,16-19H2,1-5H3/t23-/m0/s1. The molecule has 0 spiro atoms. The fourth-order valence-electron chi connectivity index (χ4n) is 3.92. The van der Waals surface area contributed by atoms with Crippen molar-refractivity contribution in [3.05, 3.63) is 65.7 Å². The van der Waals surface area contributed by atoms with Gasteiger partial charge in [-0.1, -0.05) is 61.9 Å². The minimum Gasteiger partial charge on any atom is -0.439 e. The van der Waals surface area contributed by atoms with Gasteiger partial charge in [0.05, 0.1) is 18.3 Å². The highest BCUT2D eigenvalue weighted by Gasteiger charge is 2.24. The number of hydrogen-bond acceptors (Lipinski definition) is 5. The summed E-state index contributed by atoms with van der Waals surface area (Å²) in [6, 6.07) is 18.2. The number of aliphatic hydroxyl groups is 1. The highest BCUT2D eigenvalue weighted by atomic mass is 16.5. The molecule has 0 aliphatic rings. The van der Waals surface area contributed by atoms with Crippen LogP contribution in [0, 0.1) is 12.8 Å². The van der Waals surface area contributed by atoms with E-state index in [9.17, 15) is 5.11 Å². The van der Waals surface area contributed by atoms with E-state index in [2.05, 4.69) is 37.8 Å². The maximum atomic E-state index is 10.5. The molecule has 0 bridgehead atoms. The van der Waals surface area contributed by atoms with Gasteiger partial charge in [-0.05, 0) is 31.9 Å². The molecule has 1 N–H and O–H groups in total. The first-order valence-electron chi connectivity index (χ1n) is 11.7. The second-order valence-corrected chi connectivity index (χ2v) is 8.94. The van der Waals surface area contributed by atoms with Crippen molar-refractivity contribution in [2.45, 2.75) is 40.3 Å². The number of ether oxygens (including phenoxy) is 2. The zero-order chi connectivity index (χ0) is 23.8. The van der Waals surface area contributed by atoms with Crippen LogP contribution >= 0.6 is 0 Å². The summed E-state index contributed by atoms with van der Waals surface area (Å²) < 4.78 is 13.6. The highest BCUT2D eigenvalue weighted by Crippen LogP contribution is 2.34. The Morgan fingerprint density at radius 1 is 1.03 bits per heavy atom. The lowest BCUT2D eigenvalue weighted by Crippen LogP contribution is -2.37. The van der Waals surface area contributed by atoms with E-state index in [0.717, 1.165) is 29.1 Å². The van der Waals surface area contributed by atoms with Crippen LogP contribution in [0.1, 0.15) is 31.9 Å². The average Bonchev–Trinajstić information content (AvgIpc) is 3.09. The van der Waals surface area contributed by atoms with Crippen LogP contribution in [0.3, 0.4) is 0 Å². The molecule has 0 saturated carbocycles. The van der Waals surface area contributed by atoms with Crippen molar-refractivity contribution >= 4 is 0 Å². The summed E-state index contributed by atoms with van der Waals surface area (Å²) in [4.78, 5) is 2.26. The van der Waals surface area contributed by atoms with E-state index in [-0.39, 0.29) is 0 Å². The number of nitrogens with zero attached hydrogens (tertiary/aromatic N) is 3. The van der Waals surface area contributed by atoms with Crippen molar-refractivity contribution in [1.29, 1.82) is 0 Å². The SMILES string of the molecule is CCOC[C@@H](O)CN(Cc1c(-c2ccccc2)nn(C)c1Oc1ccc(C)cc1)CC(C)C. The van der Waals surface area contributed by atoms with Crippen LogP contribution in [-0.4, -0.2) is 52.2 Å². The molecule has 0 saturated heterocycles. The van der Waals surface area contributed by atoms with E-state index in [1.165, 1.54) is 5.56 Å². The van der Waals surface area contributed by atoms with E-state index >= 15 is 0 Å². The summed E-state index contributed by atoms with van der Waals surface area (Å²) in [7, 11) is 1.91. The molecule has 0 fully saturated rings. The van der Waals surface area contributed by atoms with Crippen LogP contribution in [0.15, 0.2) is 54.6 Å². The molecule has 33 heavy (non-hydrogen) atoms. The Labute approximate surface area is 197 Å². The van der Waals surface area contributed by atoms with Gasteiger partial charge in [0.25, 0.3) is 0 Å². The van der Waals surface area contributed by atoms with E-state index in [0.29, 0.717) is 38.1 Å². The minimum atomic E-state index is -0.554. The normalized spacial score (nSPS) is 12.5. The first-order valence-corrected chi connectivity index (χ1v) is 11.7. The van der Waals surface area contributed by atoms with Crippen molar-refractivity contribution in [2.24, 2.45) is 13.0 Å². The second-order valence-electron chi connectivity index (χ2n) is 8.94. The van der Waals surface area contributed by atoms with Gasteiger partial charge in [-0.15, -0.1) is 0 Å². The second kappa shape index (κ2) is 12.0. The molecule has 1 heterocycles. The van der Waals surface area contributed by atoms with Gasteiger partial charge in [0.1, 0.15) is 11.4 Å². The Morgan fingerprint density at radius 2 is 1.73 bits per heavy atom. The van der Waals surface area contributed by atoms with E-state index < -0.39 is 6.10 Å². The Bertz CT molecular complexity index is 984. The fourth-order valence-corrected chi connectivity index (χ4v) is 3.92. The summed E-state index contributed by atoms with van der Waals surface area (Å²) in [6.45, 7) is 11.3. The van der Waals surface area contributed by atoms with Crippen LogP contribution in [0.2, 0.25) is 0 Å². The number of aliphatic hydroxyl groups excluding tert-OH is 1. The van der Waals surface area contributed by atoms with Crippen molar-refractivity contribution in [3.8, 4) is 22.9 Å². The predicted octanol–water partition coefficient (Wildman–Crippen LogP) is 5.04. The van der Waals surface area contributed by atoms with Gasteiger partial charge in [0.2, 0.25) is 5.88 Å². The van der Waals surface area contributed by atoms with Gasteiger partial charge in [0, 0.05) is 38.9 Å². The predicted molar refractivity (Wildman–Crippen MR) is 133 cm³/mol. The summed E-state index contributed by atoms with van der Waals surface area (Å²) in [5.41, 5.74) is 4.13. The van der Waals surface area contributed by atoms with E-state index in [1.807, 2.05) is 61.1 Å². The first kappa shape index (κ1) is 25.0. The average molecular weight is 452 g/mol. The summed E-state index contributed by atoms with van der Waals surface area (Å²) in [5, 5.41) is 15.4. The van der Waals surface area contributed by atoms with Crippen LogP contribution in [0.25, 0.3) is 11.3 Å². The van der Waals surface area contributed by atoms with E-state index in [1.54, 1.807) is 0 Å². The van der Waals surface area contributed by atoms with Crippen molar-refractivity contribution in [2.75, 3.05) is 26.3 Å². The molecule has 6 heteroatoms. The maximum Gasteiger partial charge on any atom is 0.222 e. The van der Waals surface area contributed by atoms with Crippen molar-refractivity contribution in [3.63, 3.8) is 0 Å². The molecule has 3 rings (SSSR count). The maximum absolute atomic E-state index is 10.5. The van der Waals surface area contributed by atoms with Crippen molar-refractivity contribution in [1.82, 2.24) is 14.7 Å². The number of rotatable bonds is 12. The zero-order valence-electron chi connectivity index (χ0n) is 20.5. The van der Waals surface area contributed by atoms with Crippen LogP contribution in [-0.2, 0) is 18.3 Å². The summed E-state index contributed by atoms with van der Waals surface area (Å²) in [5.74, 6) is 1.93. The third-order valence-corrected chi connectivity index (χ3v) is 5.36. The summed E-state index contributed by atoms with van der Waals surface area (Å²) >= 11 is 0. The lowest BCUT2D eigenvalue weighted by Gasteiger charge is -2.27. The van der Waals surface area contributed by atoms with Gasteiger partial charge in [0.15, 0.2) is 0 Å². The van der Waals surface area contributed by atoms with E-state index in [4.69, 9.17) is 14.6 Å². The monoisotopic (exact) mass is 451 g/mol. The molecule has 0 aliphatic carbocycles. The smallest absolute Gasteiger partial charge is 0.222 e. The molecule has 0 amide bonds. The number of hydrogen-bond donors (Lipinski definition) is 1. The molecule has 2 aromatic carbocycles. The number of benzene rings is 2. The minimum absolute atomic E-state index is 0.330. The number of aromatic nitrogens is 2. The van der Waals surface area contributed by atoms with Crippen LogP contribution in [0.5, 0.6) is 11.6 Å². The van der Waals surface area contributed by atoms with Crippen LogP contribution < -0.4 is 4.74 Å². The molecule has 1 atom stereocenters. The highest BCUT2D eigenvalue weighted by molar-refractivity contribution is 5.65. The van der Waals surface area contributed by atoms with Gasteiger partial charge in [-0.2, -0.15) is 5.10 Å². The van der Waals surface area contributed by atoms with Gasteiger partial charge < -0.3 is 14.6 Å². The molecular formula is C27H37N3O3. The molecule has 3 aromatic rings. The Kier molecular flexibility index (Phi) is 9.06. The third-order valence-electron chi connectivity index (χ3n) is 5.36. The lowest BCUT2D eigenvalue weighted by molar-refractivity contribution is 0.0174. The Hall–Kier alpha value is -2.67. The first-order chi connectivity index (χ1) is 15.9. The lowest BCUT2D eigenvalue weighted by atomic mass is 10.1. The fraction of sp³-hybridized carbons (Fsp3) is 0.444. The Balaban J connectivity index is 1.97. The van der Waals surface area contributed by atoms with Gasteiger partial charge in [-0.3, -0.25) is 4.90 Å².